The second kappa shape index (κ2) is 5.80. The number of aliphatic hydroxyl groups excluding tert-OH is 1. The Morgan fingerprint density at radius 1 is 1.21 bits per heavy atom. The minimum absolute atomic E-state index is 0.588. The molecule has 0 saturated heterocycles. The minimum atomic E-state index is -0.588. The average molecular weight is 184 g/mol. The third kappa shape index (κ3) is 3.30. The molecule has 1 aromatic carbocycles. The van der Waals surface area contributed by atoms with Crippen molar-refractivity contribution in [2.24, 2.45) is 0 Å². The van der Waals surface area contributed by atoms with Gasteiger partial charge in [-0.05, 0) is 23.8 Å². The van der Waals surface area contributed by atoms with Gasteiger partial charge < -0.3 is 5.11 Å². The van der Waals surface area contributed by atoms with Gasteiger partial charge in [0.15, 0.2) is 0 Å². The van der Waals surface area contributed by atoms with Crippen molar-refractivity contribution in [3.8, 4) is 11.8 Å². The van der Waals surface area contributed by atoms with Gasteiger partial charge >= 0.3 is 0 Å². The van der Waals surface area contributed by atoms with Gasteiger partial charge in [0.05, 0.1) is 6.10 Å². The van der Waals surface area contributed by atoms with Crippen molar-refractivity contribution in [3.63, 3.8) is 0 Å². The fraction of sp³-hybridized carbons (Fsp3) is 0.0769. The molecule has 0 aliphatic heterocycles. The fourth-order valence-corrected chi connectivity index (χ4v) is 1.01. The van der Waals surface area contributed by atoms with Crippen LogP contribution in [0.15, 0.2) is 55.1 Å². The Hall–Kier alpha value is -1.78. The van der Waals surface area contributed by atoms with Crippen LogP contribution in [0.25, 0.3) is 0 Å². The van der Waals surface area contributed by atoms with Crippen molar-refractivity contribution in [1.29, 1.82) is 0 Å². The predicted octanol–water partition coefficient (Wildman–Crippen LogP) is 2.47. The van der Waals surface area contributed by atoms with Gasteiger partial charge in [-0.25, -0.2) is 0 Å². The summed E-state index contributed by atoms with van der Waals surface area (Å²) in [6, 6.07) is 9.44. The van der Waals surface area contributed by atoms with Crippen molar-refractivity contribution in [2.75, 3.05) is 0 Å². The molecule has 0 amide bonds. The lowest BCUT2D eigenvalue weighted by molar-refractivity contribution is 0.229. The Kier molecular flexibility index (Phi) is 4.26. The number of aliphatic hydroxyl groups is 1. The predicted molar refractivity (Wildman–Crippen MR) is 58.5 cm³/mol. The van der Waals surface area contributed by atoms with E-state index in [4.69, 9.17) is 0 Å². The molecule has 1 atom stereocenters. The number of allylic oxidation sites excluding steroid dienone is 2. The molecule has 0 radical (unpaired) electrons. The summed E-state index contributed by atoms with van der Waals surface area (Å²) in [5, 5.41) is 9.64. The van der Waals surface area contributed by atoms with Gasteiger partial charge in [0.2, 0.25) is 0 Å². The lowest BCUT2D eigenvalue weighted by Crippen LogP contribution is -1.91. The highest BCUT2D eigenvalue weighted by Gasteiger charge is 1.99. The normalized spacial score (nSPS) is 11.8. The highest BCUT2D eigenvalue weighted by Crippen LogP contribution is 2.12. The fourth-order valence-electron chi connectivity index (χ4n) is 1.01. The molecular formula is C13H12O. The van der Waals surface area contributed by atoms with Crippen LogP contribution in [0, 0.1) is 11.8 Å². The van der Waals surface area contributed by atoms with Gasteiger partial charge in [0.1, 0.15) is 0 Å². The molecule has 0 aromatic heterocycles. The molecular weight excluding hydrogens is 172 g/mol. The standard InChI is InChI=1S/C13H12O/c1-2-3-4-8-11-13(14)12-9-6-5-7-10-12/h2,5-11,13-14H,1H2/b11-8+. The summed E-state index contributed by atoms with van der Waals surface area (Å²) in [6.07, 6.45) is 4.19. The Morgan fingerprint density at radius 2 is 1.93 bits per heavy atom. The maximum atomic E-state index is 9.64. The molecule has 1 aromatic rings. The van der Waals surface area contributed by atoms with Crippen LogP contribution in [0.1, 0.15) is 11.7 Å². The van der Waals surface area contributed by atoms with Gasteiger partial charge in [-0.15, -0.1) is 0 Å². The average Bonchev–Trinajstić information content (AvgIpc) is 2.25. The molecule has 70 valence electrons. The van der Waals surface area contributed by atoms with Crippen LogP contribution in [-0.2, 0) is 0 Å². The first-order valence-electron chi connectivity index (χ1n) is 4.36. The van der Waals surface area contributed by atoms with E-state index in [0.717, 1.165) is 5.56 Å². The van der Waals surface area contributed by atoms with E-state index in [1.165, 1.54) is 6.08 Å². The Labute approximate surface area is 84.4 Å². The van der Waals surface area contributed by atoms with E-state index in [-0.39, 0.29) is 0 Å². The van der Waals surface area contributed by atoms with Crippen molar-refractivity contribution < 1.29 is 5.11 Å². The van der Waals surface area contributed by atoms with Gasteiger partial charge in [0, 0.05) is 0 Å². The van der Waals surface area contributed by atoms with E-state index >= 15 is 0 Å². The first kappa shape index (κ1) is 10.3. The zero-order valence-electron chi connectivity index (χ0n) is 7.85. The summed E-state index contributed by atoms with van der Waals surface area (Å²) in [6.45, 7) is 3.47. The largest absolute Gasteiger partial charge is 0.384 e. The van der Waals surface area contributed by atoms with Crippen LogP contribution in [0.3, 0.4) is 0 Å². The van der Waals surface area contributed by atoms with Gasteiger partial charge in [0.25, 0.3) is 0 Å². The van der Waals surface area contributed by atoms with E-state index in [2.05, 4.69) is 18.4 Å². The van der Waals surface area contributed by atoms with Gasteiger partial charge in [-0.1, -0.05) is 48.8 Å². The zero-order chi connectivity index (χ0) is 10.2. The van der Waals surface area contributed by atoms with Crippen molar-refractivity contribution >= 4 is 0 Å². The van der Waals surface area contributed by atoms with E-state index in [1.54, 1.807) is 12.2 Å². The van der Waals surface area contributed by atoms with Crippen LogP contribution in [-0.4, -0.2) is 5.11 Å². The van der Waals surface area contributed by atoms with Crippen LogP contribution in [0.4, 0.5) is 0 Å². The smallest absolute Gasteiger partial charge is 0.0980 e. The van der Waals surface area contributed by atoms with Crippen LogP contribution < -0.4 is 0 Å². The first-order valence-corrected chi connectivity index (χ1v) is 4.36. The highest BCUT2D eigenvalue weighted by molar-refractivity contribution is 5.26. The summed E-state index contributed by atoms with van der Waals surface area (Å²) >= 11 is 0. The lowest BCUT2D eigenvalue weighted by atomic mass is 10.1. The number of benzene rings is 1. The quantitative estimate of drug-likeness (QED) is 0.700. The summed E-state index contributed by atoms with van der Waals surface area (Å²) in [7, 11) is 0. The summed E-state index contributed by atoms with van der Waals surface area (Å²) in [4.78, 5) is 0. The minimum Gasteiger partial charge on any atom is -0.384 e. The van der Waals surface area contributed by atoms with Crippen molar-refractivity contribution in [3.05, 3.63) is 60.7 Å². The summed E-state index contributed by atoms with van der Waals surface area (Å²) < 4.78 is 0. The van der Waals surface area contributed by atoms with Crippen LogP contribution >= 0.6 is 0 Å². The molecule has 0 aliphatic rings. The van der Waals surface area contributed by atoms with Crippen molar-refractivity contribution in [2.45, 2.75) is 6.10 Å². The SMILES string of the molecule is C=CC#C/C=C/C(O)c1ccccc1. The summed E-state index contributed by atoms with van der Waals surface area (Å²) in [5.41, 5.74) is 0.865. The first-order chi connectivity index (χ1) is 6.84. The highest BCUT2D eigenvalue weighted by atomic mass is 16.3. The molecule has 0 spiro atoms. The zero-order valence-corrected chi connectivity index (χ0v) is 7.85. The van der Waals surface area contributed by atoms with E-state index in [9.17, 15) is 5.11 Å². The molecule has 0 bridgehead atoms. The second-order valence-electron chi connectivity index (χ2n) is 2.71. The summed E-state index contributed by atoms with van der Waals surface area (Å²) in [5.74, 6) is 5.40. The van der Waals surface area contributed by atoms with E-state index in [1.807, 2.05) is 30.3 Å². The monoisotopic (exact) mass is 184 g/mol. The van der Waals surface area contributed by atoms with E-state index < -0.39 is 6.10 Å². The Bertz CT molecular complexity index is 365. The van der Waals surface area contributed by atoms with Gasteiger partial charge in [-0.3, -0.25) is 0 Å². The molecule has 14 heavy (non-hydrogen) atoms. The molecule has 0 aliphatic carbocycles. The molecule has 0 heterocycles. The third-order valence-electron chi connectivity index (χ3n) is 1.69. The molecule has 1 rings (SSSR count). The molecule has 1 N–H and O–H groups in total. The maximum Gasteiger partial charge on any atom is 0.0980 e. The molecule has 1 heteroatoms. The van der Waals surface area contributed by atoms with Crippen LogP contribution in [0.2, 0.25) is 0 Å². The van der Waals surface area contributed by atoms with Crippen LogP contribution in [0.5, 0.6) is 0 Å². The molecule has 0 fully saturated rings. The lowest BCUT2D eigenvalue weighted by Gasteiger charge is -2.03. The number of hydrogen-bond acceptors (Lipinski definition) is 1. The molecule has 0 saturated carbocycles. The van der Waals surface area contributed by atoms with Gasteiger partial charge in [-0.2, -0.15) is 0 Å². The molecule has 1 nitrogen and oxygen atoms in total. The Morgan fingerprint density at radius 3 is 2.57 bits per heavy atom. The number of hydrogen-bond donors (Lipinski definition) is 1. The number of rotatable bonds is 2. The molecule has 1 unspecified atom stereocenters. The third-order valence-corrected chi connectivity index (χ3v) is 1.69. The van der Waals surface area contributed by atoms with Crippen molar-refractivity contribution in [1.82, 2.24) is 0 Å². The van der Waals surface area contributed by atoms with E-state index in [0.29, 0.717) is 0 Å². The topological polar surface area (TPSA) is 20.2 Å². The maximum absolute atomic E-state index is 9.64. The second-order valence-corrected chi connectivity index (χ2v) is 2.71. The Balaban J connectivity index is 2.63.